The summed E-state index contributed by atoms with van der Waals surface area (Å²) in [5, 5.41) is 0. The van der Waals surface area contributed by atoms with Gasteiger partial charge in [-0.25, -0.2) is 0 Å². The maximum Gasteiger partial charge on any atom is 0.241 e. The van der Waals surface area contributed by atoms with E-state index in [1.165, 1.54) is 51.0 Å². The Hall–Kier alpha value is -1.57. The summed E-state index contributed by atoms with van der Waals surface area (Å²) in [5.74, 6) is -0.423. The van der Waals surface area contributed by atoms with Crippen LogP contribution in [0, 0.1) is 0 Å². The third-order valence-corrected chi connectivity index (χ3v) is 2.93. The van der Waals surface area contributed by atoms with Gasteiger partial charge in [0.25, 0.3) is 0 Å². The number of primary amides is 1. The van der Waals surface area contributed by atoms with Gasteiger partial charge in [0, 0.05) is 6.08 Å². The van der Waals surface area contributed by atoms with Crippen LogP contribution in [0.3, 0.4) is 0 Å². The Morgan fingerprint density at radius 2 is 1.35 bits per heavy atom. The van der Waals surface area contributed by atoms with Gasteiger partial charge in [-0.15, -0.1) is 0 Å². The molecule has 2 nitrogen and oxygen atoms in total. The van der Waals surface area contributed by atoms with Crippen molar-refractivity contribution in [3.63, 3.8) is 0 Å². The Morgan fingerprint density at radius 3 is 2.00 bits per heavy atom. The molecule has 0 saturated heterocycles. The molecule has 0 bridgehead atoms. The minimum Gasteiger partial charge on any atom is -0.366 e. The van der Waals surface area contributed by atoms with E-state index >= 15 is 0 Å². The minimum absolute atomic E-state index is 0.423. The summed E-state index contributed by atoms with van der Waals surface area (Å²) in [6, 6.07) is 0. The zero-order valence-corrected chi connectivity index (χ0v) is 12.8. The quantitative estimate of drug-likeness (QED) is 0.309. The molecule has 0 rings (SSSR count). The molecule has 0 aliphatic heterocycles. The molecule has 0 aromatic heterocycles. The van der Waals surface area contributed by atoms with Crippen LogP contribution in [0.4, 0.5) is 0 Å². The summed E-state index contributed by atoms with van der Waals surface area (Å²) < 4.78 is 0. The molecule has 0 aliphatic rings. The monoisotopic (exact) mass is 275 g/mol. The maximum atomic E-state index is 10.4. The van der Waals surface area contributed by atoms with Gasteiger partial charge < -0.3 is 5.73 Å². The molecule has 112 valence electrons. The molecule has 0 aromatic carbocycles. The molecule has 1 amide bonds. The van der Waals surface area contributed by atoms with Gasteiger partial charge in [-0.2, -0.15) is 0 Å². The lowest BCUT2D eigenvalue weighted by Crippen LogP contribution is -2.04. The van der Waals surface area contributed by atoms with Gasteiger partial charge >= 0.3 is 0 Å². The molecule has 0 radical (unpaired) electrons. The molecule has 0 aromatic rings. The van der Waals surface area contributed by atoms with Crippen molar-refractivity contribution in [2.45, 2.75) is 58.3 Å². The number of carbonyl (C=O) groups excluding carboxylic acids is 1. The van der Waals surface area contributed by atoms with Crippen LogP contribution in [0.25, 0.3) is 0 Å². The van der Waals surface area contributed by atoms with Crippen molar-refractivity contribution in [2.75, 3.05) is 0 Å². The highest BCUT2D eigenvalue weighted by Gasteiger charge is 1.88. The van der Waals surface area contributed by atoms with E-state index < -0.39 is 5.91 Å². The van der Waals surface area contributed by atoms with Gasteiger partial charge in [0.1, 0.15) is 0 Å². The molecule has 2 N–H and O–H groups in total. The molecule has 0 spiro atoms. The first-order valence-electron chi connectivity index (χ1n) is 7.73. The van der Waals surface area contributed by atoms with E-state index in [-0.39, 0.29) is 0 Å². The highest BCUT2D eigenvalue weighted by Crippen LogP contribution is 2.08. The zero-order chi connectivity index (χ0) is 14.9. The summed E-state index contributed by atoms with van der Waals surface area (Å²) in [6.45, 7) is 2.25. The lowest BCUT2D eigenvalue weighted by molar-refractivity contribution is -0.113. The fraction of sp³-hybridized carbons (Fsp3) is 0.500. The first-order valence-corrected chi connectivity index (χ1v) is 7.73. The van der Waals surface area contributed by atoms with Crippen molar-refractivity contribution in [1.29, 1.82) is 0 Å². The number of amides is 1. The van der Waals surface area contributed by atoms with Crippen molar-refractivity contribution >= 4 is 5.91 Å². The number of unbranched alkanes of at least 4 members (excludes halogenated alkanes) is 7. The Bertz CT molecular complexity index is 337. The molecule has 20 heavy (non-hydrogen) atoms. The molecule has 0 unspecified atom stereocenters. The fourth-order valence-corrected chi connectivity index (χ4v) is 1.80. The van der Waals surface area contributed by atoms with Gasteiger partial charge in [0.15, 0.2) is 0 Å². The Balaban J connectivity index is 3.41. The molecule has 0 heterocycles. The van der Waals surface area contributed by atoms with E-state index in [1.807, 2.05) is 18.2 Å². The number of rotatable bonds is 12. The molecular formula is C18H29NO. The smallest absolute Gasteiger partial charge is 0.241 e. The summed E-state index contributed by atoms with van der Waals surface area (Å²) in [7, 11) is 0. The third kappa shape index (κ3) is 16.4. The average molecular weight is 275 g/mol. The van der Waals surface area contributed by atoms with E-state index in [1.54, 1.807) is 12.2 Å². The SMILES string of the molecule is CCCCCCCCC/C=C/C=C/C=C/C=C/C(N)=O. The van der Waals surface area contributed by atoms with Crippen molar-refractivity contribution in [1.82, 2.24) is 0 Å². The Kier molecular flexibility index (Phi) is 14.3. The van der Waals surface area contributed by atoms with E-state index in [0.717, 1.165) is 6.42 Å². The van der Waals surface area contributed by atoms with Gasteiger partial charge in [-0.3, -0.25) is 4.79 Å². The Labute approximate surface area is 124 Å². The zero-order valence-electron chi connectivity index (χ0n) is 12.8. The summed E-state index contributed by atoms with van der Waals surface area (Å²) in [4.78, 5) is 10.4. The van der Waals surface area contributed by atoms with Crippen molar-refractivity contribution in [3.8, 4) is 0 Å². The van der Waals surface area contributed by atoms with E-state index in [4.69, 9.17) is 5.73 Å². The van der Waals surface area contributed by atoms with E-state index in [2.05, 4.69) is 19.1 Å². The van der Waals surface area contributed by atoms with Crippen molar-refractivity contribution < 1.29 is 4.79 Å². The predicted octanol–water partition coefficient (Wildman–Crippen LogP) is 4.84. The Morgan fingerprint density at radius 1 is 0.800 bits per heavy atom. The second-order valence-electron chi connectivity index (χ2n) is 4.87. The predicted molar refractivity (Wildman–Crippen MR) is 88.4 cm³/mol. The van der Waals surface area contributed by atoms with Crippen LogP contribution in [-0.2, 0) is 4.79 Å². The van der Waals surface area contributed by atoms with E-state index in [0.29, 0.717) is 0 Å². The lowest BCUT2D eigenvalue weighted by Gasteiger charge is -1.98. The van der Waals surface area contributed by atoms with Crippen LogP contribution in [-0.4, -0.2) is 5.91 Å². The van der Waals surface area contributed by atoms with Gasteiger partial charge in [-0.05, 0) is 12.8 Å². The van der Waals surface area contributed by atoms with Crippen LogP contribution < -0.4 is 5.73 Å². The van der Waals surface area contributed by atoms with Crippen LogP contribution in [0.15, 0.2) is 48.6 Å². The fourth-order valence-electron chi connectivity index (χ4n) is 1.80. The average Bonchev–Trinajstić information content (AvgIpc) is 2.43. The van der Waals surface area contributed by atoms with Crippen LogP contribution in [0.5, 0.6) is 0 Å². The van der Waals surface area contributed by atoms with Gasteiger partial charge in [-0.1, -0.05) is 88.0 Å². The molecule has 2 heteroatoms. The maximum absolute atomic E-state index is 10.4. The largest absolute Gasteiger partial charge is 0.366 e. The van der Waals surface area contributed by atoms with Crippen LogP contribution in [0.1, 0.15) is 58.3 Å². The molecule has 0 fully saturated rings. The number of hydrogen-bond donors (Lipinski definition) is 1. The van der Waals surface area contributed by atoms with Crippen LogP contribution >= 0.6 is 0 Å². The first kappa shape index (κ1) is 18.4. The molecule has 0 aliphatic carbocycles. The topological polar surface area (TPSA) is 43.1 Å². The van der Waals surface area contributed by atoms with Crippen LogP contribution in [0.2, 0.25) is 0 Å². The summed E-state index contributed by atoms with van der Waals surface area (Å²) in [6.07, 6.45) is 25.5. The summed E-state index contributed by atoms with van der Waals surface area (Å²) >= 11 is 0. The second kappa shape index (κ2) is 15.5. The number of carbonyl (C=O) groups is 1. The number of allylic oxidation sites excluding steroid dienone is 7. The van der Waals surface area contributed by atoms with Crippen molar-refractivity contribution in [3.05, 3.63) is 48.6 Å². The molecule has 0 saturated carbocycles. The standard InChI is InChI=1S/C18H29NO/c1-2-3-4-5-6-7-8-9-10-11-12-13-14-15-16-17-18(19)20/h10-17H,2-9H2,1H3,(H2,19,20)/b11-10+,13-12+,15-14+,17-16+. The first-order chi connectivity index (χ1) is 9.77. The third-order valence-electron chi connectivity index (χ3n) is 2.93. The lowest BCUT2D eigenvalue weighted by atomic mass is 10.1. The summed E-state index contributed by atoms with van der Waals surface area (Å²) in [5.41, 5.74) is 4.96. The van der Waals surface area contributed by atoms with Crippen molar-refractivity contribution in [2.24, 2.45) is 5.73 Å². The molecular weight excluding hydrogens is 246 g/mol. The highest BCUT2D eigenvalue weighted by atomic mass is 16.1. The normalized spacial score (nSPS) is 12.4. The van der Waals surface area contributed by atoms with Gasteiger partial charge in [0.05, 0.1) is 0 Å². The minimum atomic E-state index is -0.423. The van der Waals surface area contributed by atoms with E-state index in [9.17, 15) is 4.79 Å². The molecule has 0 atom stereocenters. The second-order valence-corrected chi connectivity index (χ2v) is 4.87. The number of nitrogens with two attached hydrogens (primary N) is 1. The highest BCUT2D eigenvalue weighted by molar-refractivity contribution is 5.85. The number of hydrogen-bond acceptors (Lipinski definition) is 1. The van der Waals surface area contributed by atoms with Gasteiger partial charge in [0.2, 0.25) is 5.91 Å².